The maximum Gasteiger partial charge on any atom is 0.0754 e. The summed E-state index contributed by atoms with van der Waals surface area (Å²) in [6.07, 6.45) is 0. The van der Waals surface area contributed by atoms with Gasteiger partial charge in [0.1, 0.15) is 0 Å². The molecule has 0 saturated heterocycles. The Kier molecular flexibility index (Phi) is 8.84. The average Bonchev–Trinajstić information content (AvgIpc) is 3.92. The highest BCUT2D eigenvalue weighted by Gasteiger charge is 2.50. The summed E-state index contributed by atoms with van der Waals surface area (Å²) < 4.78 is 2.52. The largest absolute Gasteiger partial charge is 0.309 e. The molecule has 1 aliphatic carbocycles. The van der Waals surface area contributed by atoms with Crippen molar-refractivity contribution in [3.63, 3.8) is 0 Å². The minimum Gasteiger partial charge on any atom is -0.309 e. The van der Waals surface area contributed by atoms with Crippen molar-refractivity contribution in [2.45, 2.75) is 5.41 Å². The molecule has 2 aliphatic rings. The summed E-state index contributed by atoms with van der Waals surface area (Å²) >= 11 is 0. The first-order chi connectivity index (χ1) is 34.3. The van der Waals surface area contributed by atoms with Gasteiger partial charge in [0.15, 0.2) is 0 Å². The van der Waals surface area contributed by atoms with Crippen LogP contribution >= 0.6 is 0 Å². The Balaban J connectivity index is 0.957. The summed E-state index contributed by atoms with van der Waals surface area (Å²) in [5.41, 5.74) is 23.9. The van der Waals surface area contributed by atoms with Gasteiger partial charge in [0.25, 0.3) is 0 Å². The van der Waals surface area contributed by atoms with Crippen LogP contribution < -0.4 is 4.90 Å². The molecular weight excluding hydrogens is 833 g/mol. The zero-order valence-electron chi connectivity index (χ0n) is 37.8. The van der Waals surface area contributed by atoms with Crippen LogP contribution in [-0.4, -0.2) is 4.57 Å². The van der Waals surface area contributed by atoms with Crippen LogP contribution in [0.4, 0.5) is 17.1 Å². The third-order valence-corrected chi connectivity index (χ3v) is 14.8. The predicted molar refractivity (Wildman–Crippen MR) is 288 cm³/mol. The molecule has 69 heavy (non-hydrogen) atoms. The van der Waals surface area contributed by atoms with Crippen molar-refractivity contribution in [1.82, 2.24) is 4.57 Å². The maximum atomic E-state index is 2.52. The topological polar surface area (TPSA) is 8.17 Å². The molecule has 2 nitrogen and oxygen atoms in total. The Hall–Kier alpha value is -8.98. The van der Waals surface area contributed by atoms with E-state index in [4.69, 9.17) is 0 Å². The molecule has 0 radical (unpaired) electrons. The van der Waals surface area contributed by atoms with Crippen LogP contribution in [0.5, 0.6) is 0 Å². The number of aromatic nitrogens is 1. The van der Waals surface area contributed by atoms with E-state index in [0.29, 0.717) is 0 Å². The van der Waals surface area contributed by atoms with Crippen LogP contribution in [-0.2, 0) is 5.41 Å². The van der Waals surface area contributed by atoms with Crippen molar-refractivity contribution >= 4 is 38.9 Å². The van der Waals surface area contributed by atoms with Gasteiger partial charge in [0, 0.05) is 27.6 Å². The Bertz CT molecular complexity index is 3960. The Morgan fingerprint density at radius 2 is 0.812 bits per heavy atom. The van der Waals surface area contributed by atoms with Crippen molar-refractivity contribution < 1.29 is 0 Å². The molecule has 2 heteroatoms. The molecule has 2 heterocycles. The lowest BCUT2D eigenvalue weighted by atomic mass is 9.65. The van der Waals surface area contributed by atoms with E-state index in [1.807, 2.05) is 0 Å². The first-order valence-corrected chi connectivity index (χ1v) is 23.9. The van der Waals surface area contributed by atoms with Crippen LogP contribution in [0.15, 0.2) is 267 Å². The van der Waals surface area contributed by atoms with Crippen molar-refractivity contribution in [2.24, 2.45) is 0 Å². The van der Waals surface area contributed by atoms with Crippen LogP contribution in [0.3, 0.4) is 0 Å². The number of hydrogen-bond donors (Lipinski definition) is 0. The Morgan fingerprint density at radius 3 is 1.58 bits per heavy atom. The zero-order chi connectivity index (χ0) is 45.5. The van der Waals surface area contributed by atoms with Gasteiger partial charge in [0.05, 0.1) is 33.5 Å². The molecular formula is C67H44N2. The van der Waals surface area contributed by atoms with Gasteiger partial charge in [-0.05, 0) is 109 Å². The van der Waals surface area contributed by atoms with Crippen molar-refractivity contribution in [3.8, 4) is 61.3 Å². The van der Waals surface area contributed by atoms with E-state index in [1.165, 1.54) is 99.8 Å². The number of nitrogens with zero attached hydrogens (tertiary/aromatic N) is 2. The molecule has 1 unspecified atom stereocenters. The monoisotopic (exact) mass is 876 g/mol. The van der Waals surface area contributed by atoms with E-state index < -0.39 is 5.41 Å². The van der Waals surface area contributed by atoms with Gasteiger partial charge >= 0.3 is 0 Å². The molecule has 0 amide bonds. The fraction of sp³-hybridized carbons (Fsp3) is 0.0149. The van der Waals surface area contributed by atoms with Crippen LogP contribution in [0.2, 0.25) is 0 Å². The normalized spacial score (nSPS) is 14.1. The SMILES string of the molecule is c1ccc(-c2ccccc2-c2ccccc2N(c2ccc(-c3ccc4c(c3)C3(c5ccccc5-4)c4ccccc4-n4c5ccccc5c5cccc3c54)cc2)c2ccccc2-c2ccccc2)cc1. The lowest BCUT2D eigenvalue weighted by Gasteiger charge is -2.39. The molecule has 0 fully saturated rings. The van der Waals surface area contributed by atoms with E-state index in [1.54, 1.807) is 0 Å². The second kappa shape index (κ2) is 15.6. The standard InChI is InChI=1S/C67H44N2/c1-3-20-46(21-4-1)50-24-7-8-26-52(50)55-28-11-16-35-63(55)68(62-34-15-10-25-51(62)47-22-5-2-6-23-47)49-41-38-45(39-42-49)48-40-43-54-53-27-9-13-31-58(53)67(61(54)44-48)59-32-14-18-37-65(59)69-64-36-17-12-29-56(64)57-30-19-33-60(67)66(57)69/h1-44H. The maximum absolute atomic E-state index is 2.52. The van der Waals surface area contributed by atoms with Gasteiger partial charge in [0.2, 0.25) is 0 Å². The van der Waals surface area contributed by atoms with Gasteiger partial charge < -0.3 is 9.47 Å². The molecule has 322 valence electrons. The quantitative estimate of drug-likeness (QED) is 0.155. The van der Waals surface area contributed by atoms with Crippen LogP contribution in [0.1, 0.15) is 22.3 Å². The van der Waals surface area contributed by atoms with Gasteiger partial charge in [-0.2, -0.15) is 0 Å². The van der Waals surface area contributed by atoms with Crippen molar-refractivity contribution in [2.75, 3.05) is 4.90 Å². The second-order valence-electron chi connectivity index (χ2n) is 18.3. The first-order valence-electron chi connectivity index (χ1n) is 23.9. The molecule has 1 aromatic heterocycles. The van der Waals surface area contributed by atoms with Gasteiger partial charge in [-0.25, -0.2) is 0 Å². The summed E-state index contributed by atoms with van der Waals surface area (Å²) in [6, 6.07) is 98.5. The third-order valence-electron chi connectivity index (χ3n) is 14.8. The zero-order valence-corrected chi connectivity index (χ0v) is 37.8. The lowest BCUT2D eigenvalue weighted by molar-refractivity contribution is 0.749. The highest BCUT2D eigenvalue weighted by Crippen LogP contribution is 2.61. The van der Waals surface area contributed by atoms with Gasteiger partial charge in [-0.15, -0.1) is 0 Å². The molecule has 0 bridgehead atoms. The van der Waals surface area contributed by atoms with Gasteiger partial charge in [-0.3, -0.25) is 0 Å². The van der Waals surface area contributed by atoms with Crippen molar-refractivity contribution in [1.29, 1.82) is 0 Å². The van der Waals surface area contributed by atoms with Crippen LogP contribution in [0, 0.1) is 0 Å². The summed E-state index contributed by atoms with van der Waals surface area (Å²) in [5, 5.41) is 2.57. The average molecular weight is 877 g/mol. The number of hydrogen-bond acceptors (Lipinski definition) is 1. The number of rotatable bonds is 7. The molecule has 1 aliphatic heterocycles. The number of anilines is 3. The summed E-state index contributed by atoms with van der Waals surface area (Å²) in [5.74, 6) is 0. The fourth-order valence-electron chi connectivity index (χ4n) is 12.0. The van der Waals surface area contributed by atoms with E-state index >= 15 is 0 Å². The summed E-state index contributed by atoms with van der Waals surface area (Å²) in [4.78, 5) is 2.45. The number of fused-ring (bicyclic) bond motifs is 12. The predicted octanol–water partition coefficient (Wildman–Crippen LogP) is 17.6. The molecule has 0 N–H and O–H groups in total. The third kappa shape index (κ3) is 5.79. The fourth-order valence-corrected chi connectivity index (χ4v) is 12.0. The lowest BCUT2D eigenvalue weighted by Crippen LogP contribution is -2.33. The van der Waals surface area contributed by atoms with E-state index in [-0.39, 0.29) is 0 Å². The minimum absolute atomic E-state index is 0.514. The van der Waals surface area contributed by atoms with Gasteiger partial charge in [-0.1, -0.05) is 224 Å². The number of para-hydroxylation sites is 5. The van der Waals surface area contributed by atoms with E-state index in [2.05, 4.69) is 276 Å². The van der Waals surface area contributed by atoms with Crippen LogP contribution in [0.25, 0.3) is 83.1 Å². The second-order valence-corrected chi connectivity index (χ2v) is 18.3. The molecule has 1 spiro atoms. The molecule has 12 aromatic rings. The Morgan fingerprint density at radius 1 is 0.290 bits per heavy atom. The smallest absolute Gasteiger partial charge is 0.0754 e. The summed E-state index contributed by atoms with van der Waals surface area (Å²) in [7, 11) is 0. The molecule has 11 aromatic carbocycles. The van der Waals surface area contributed by atoms with E-state index in [9.17, 15) is 0 Å². The van der Waals surface area contributed by atoms with E-state index in [0.717, 1.165) is 22.6 Å². The molecule has 1 atom stereocenters. The first kappa shape index (κ1) is 39.2. The summed E-state index contributed by atoms with van der Waals surface area (Å²) in [6.45, 7) is 0. The molecule has 0 saturated carbocycles. The number of benzene rings is 11. The molecule has 14 rings (SSSR count). The minimum atomic E-state index is -0.514. The highest BCUT2D eigenvalue weighted by molar-refractivity contribution is 6.13. The van der Waals surface area contributed by atoms with Crippen molar-refractivity contribution in [3.05, 3.63) is 289 Å². The highest BCUT2D eigenvalue weighted by atomic mass is 15.1. The Labute approximate surface area is 402 Å².